The highest BCUT2D eigenvalue weighted by Gasteiger charge is 2.34. The Bertz CT molecular complexity index is 410. The number of hydrogen-bond donors (Lipinski definition) is 2. The second-order valence-corrected chi connectivity index (χ2v) is 5.27. The van der Waals surface area contributed by atoms with Gasteiger partial charge in [-0.2, -0.15) is 13.2 Å². The SMILES string of the molecule is CN(C)C(C)(C)C(NN)c1ccc(C(F)(F)F)cc1. The van der Waals surface area contributed by atoms with Crippen LogP contribution in [0, 0.1) is 0 Å². The van der Waals surface area contributed by atoms with E-state index < -0.39 is 11.7 Å². The number of benzene rings is 1. The van der Waals surface area contributed by atoms with Gasteiger partial charge in [0.05, 0.1) is 11.6 Å². The Morgan fingerprint density at radius 1 is 1.11 bits per heavy atom. The summed E-state index contributed by atoms with van der Waals surface area (Å²) in [5.74, 6) is 5.55. The number of alkyl halides is 3. The summed E-state index contributed by atoms with van der Waals surface area (Å²) < 4.78 is 37.5. The molecule has 0 spiro atoms. The van der Waals surface area contributed by atoms with Crippen LogP contribution >= 0.6 is 0 Å². The summed E-state index contributed by atoms with van der Waals surface area (Å²) in [7, 11) is 3.79. The lowest BCUT2D eigenvalue weighted by molar-refractivity contribution is -0.137. The standard InChI is InChI=1S/C13H20F3N3/c1-12(2,19(3)4)11(18-17)9-5-7-10(8-6-9)13(14,15)16/h5-8,11,18H,17H2,1-4H3. The maximum atomic E-state index is 12.5. The zero-order chi connectivity index (χ0) is 14.8. The van der Waals surface area contributed by atoms with Crippen LogP contribution in [-0.4, -0.2) is 24.5 Å². The first-order valence-corrected chi connectivity index (χ1v) is 5.91. The van der Waals surface area contributed by atoms with E-state index in [2.05, 4.69) is 5.43 Å². The van der Waals surface area contributed by atoms with Crippen LogP contribution in [0.3, 0.4) is 0 Å². The van der Waals surface area contributed by atoms with E-state index in [-0.39, 0.29) is 11.6 Å². The predicted octanol–water partition coefficient (Wildman–Crippen LogP) is 2.55. The monoisotopic (exact) mass is 275 g/mol. The van der Waals surface area contributed by atoms with Crippen molar-refractivity contribution >= 4 is 0 Å². The van der Waals surface area contributed by atoms with Crippen molar-refractivity contribution in [1.29, 1.82) is 0 Å². The quantitative estimate of drug-likeness (QED) is 0.655. The predicted molar refractivity (Wildman–Crippen MR) is 69.3 cm³/mol. The lowest BCUT2D eigenvalue weighted by Crippen LogP contribution is -2.51. The van der Waals surface area contributed by atoms with Gasteiger partial charge in [0.15, 0.2) is 0 Å². The lowest BCUT2D eigenvalue weighted by atomic mass is 9.87. The number of nitrogens with two attached hydrogens (primary N) is 1. The highest BCUT2D eigenvalue weighted by molar-refractivity contribution is 5.28. The number of nitrogens with one attached hydrogen (secondary N) is 1. The minimum Gasteiger partial charge on any atom is -0.302 e. The zero-order valence-electron chi connectivity index (χ0n) is 11.5. The van der Waals surface area contributed by atoms with Crippen molar-refractivity contribution < 1.29 is 13.2 Å². The molecule has 0 heterocycles. The first-order valence-electron chi connectivity index (χ1n) is 5.91. The van der Waals surface area contributed by atoms with Crippen LogP contribution in [-0.2, 0) is 6.18 Å². The minimum atomic E-state index is -4.32. The molecule has 3 N–H and O–H groups in total. The molecule has 0 saturated heterocycles. The first-order chi connectivity index (χ1) is 8.60. The van der Waals surface area contributed by atoms with Gasteiger partial charge in [-0.05, 0) is 45.6 Å². The van der Waals surface area contributed by atoms with Crippen LogP contribution in [0.4, 0.5) is 13.2 Å². The summed E-state index contributed by atoms with van der Waals surface area (Å²) in [4.78, 5) is 1.97. The molecule has 1 unspecified atom stereocenters. The van der Waals surface area contributed by atoms with Crippen LogP contribution < -0.4 is 11.3 Å². The fraction of sp³-hybridized carbons (Fsp3) is 0.538. The molecule has 1 rings (SSSR count). The van der Waals surface area contributed by atoms with Crippen LogP contribution in [0.5, 0.6) is 0 Å². The third kappa shape index (κ3) is 3.46. The Morgan fingerprint density at radius 3 is 1.89 bits per heavy atom. The fourth-order valence-corrected chi connectivity index (χ4v) is 1.83. The van der Waals surface area contributed by atoms with E-state index in [9.17, 15) is 13.2 Å². The van der Waals surface area contributed by atoms with E-state index in [1.54, 1.807) is 0 Å². The van der Waals surface area contributed by atoms with Crippen molar-refractivity contribution in [3.8, 4) is 0 Å². The maximum Gasteiger partial charge on any atom is 0.416 e. The van der Waals surface area contributed by atoms with Crippen LogP contribution in [0.25, 0.3) is 0 Å². The third-order valence-corrected chi connectivity index (χ3v) is 3.60. The second-order valence-electron chi connectivity index (χ2n) is 5.27. The topological polar surface area (TPSA) is 41.3 Å². The van der Waals surface area contributed by atoms with E-state index in [4.69, 9.17) is 5.84 Å². The van der Waals surface area contributed by atoms with E-state index in [0.717, 1.165) is 12.1 Å². The molecule has 0 saturated carbocycles. The highest BCUT2D eigenvalue weighted by atomic mass is 19.4. The van der Waals surface area contributed by atoms with Gasteiger partial charge in [0.25, 0.3) is 0 Å². The molecule has 1 aromatic rings. The smallest absolute Gasteiger partial charge is 0.302 e. The van der Waals surface area contributed by atoms with Crippen LogP contribution in [0.2, 0.25) is 0 Å². The number of hydrogen-bond acceptors (Lipinski definition) is 3. The average Bonchev–Trinajstić information content (AvgIpc) is 2.28. The molecule has 19 heavy (non-hydrogen) atoms. The van der Waals surface area contributed by atoms with Crippen molar-refractivity contribution in [2.24, 2.45) is 5.84 Å². The molecule has 3 nitrogen and oxygen atoms in total. The molecular formula is C13H20F3N3. The second kappa shape index (κ2) is 5.48. The van der Waals surface area contributed by atoms with Gasteiger partial charge >= 0.3 is 6.18 Å². The Balaban J connectivity index is 3.08. The van der Waals surface area contributed by atoms with E-state index in [1.165, 1.54) is 12.1 Å². The van der Waals surface area contributed by atoms with Crippen molar-refractivity contribution in [2.75, 3.05) is 14.1 Å². The van der Waals surface area contributed by atoms with Gasteiger partial charge in [0.1, 0.15) is 0 Å². The first kappa shape index (κ1) is 15.9. The molecule has 1 atom stereocenters. The van der Waals surface area contributed by atoms with Crippen molar-refractivity contribution in [3.05, 3.63) is 35.4 Å². The Labute approximate surface area is 111 Å². The Kier molecular flexibility index (Phi) is 4.60. The average molecular weight is 275 g/mol. The summed E-state index contributed by atoms with van der Waals surface area (Å²) in [5.41, 5.74) is 2.40. The minimum absolute atomic E-state index is 0.273. The zero-order valence-corrected chi connectivity index (χ0v) is 11.5. The summed E-state index contributed by atoms with van der Waals surface area (Å²) in [6, 6.07) is 4.79. The maximum absolute atomic E-state index is 12.5. The molecule has 0 fully saturated rings. The third-order valence-electron chi connectivity index (χ3n) is 3.60. The van der Waals surface area contributed by atoms with E-state index in [1.807, 2.05) is 32.8 Å². The van der Waals surface area contributed by atoms with Gasteiger partial charge in [0, 0.05) is 5.54 Å². The summed E-state index contributed by atoms with van der Waals surface area (Å²) in [6.07, 6.45) is -4.32. The molecule has 0 radical (unpaired) electrons. The fourth-order valence-electron chi connectivity index (χ4n) is 1.83. The number of rotatable bonds is 4. The number of hydrazine groups is 1. The molecule has 1 aromatic carbocycles. The largest absolute Gasteiger partial charge is 0.416 e. The molecule has 0 aliphatic rings. The van der Waals surface area contributed by atoms with Crippen molar-refractivity contribution in [1.82, 2.24) is 10.3 Å². The van der Waals surface area contributed by atoms with Gasteiger partial charge in [-0.15, -0.1) is 0 Å². The lowest BCUT2D eigenvalue weighted by Gasteiger charge is -2.40. The number of likely N-dealkylation sites (N-methyl/N-ethyl adjacent to an activating group) is 1. The van der Waals surface area contributed by atoms with Gasteiger partial charge in [-0.25, -0.2) is 0 Å². The molecule has 6 heteroatoms. The molecule has 0 aromatic heterocycles. The van der Waals surface area contributed by atoms with Gasteiger partial charge in [0.2, 0.25) is 0 Å². The Morgan fingerprint density at radius 2 is 1.58 bits per heavy atom. The molecule has 0 bridgehead atoms. The van der Waals surface area contributed by atoms with E-state index in [0.29, 0.717) is 5.56 Å². The van der Waals surface area contributed by atoms with Gasteiger partial charge in [-0.3, -0.25) is 11.3 Å². The van der Waals surface area contributed by atoms with Crippen LogP contribution in [0.1, 0.15) is 31.0 Å². The molecule has 0 amide bonds. The van der Waals surface area contributed by atoms with Gasteiger partial charge in [-0.1, -0.05) is 12.1 Å². The number of nitrogens with zero attached hydrogens (tertiary/aromatic N) is 1. The normalized spacial score (nSPS) is 14.8. The molecular weight excluding hydrogens is 255 g/mol. The van der Waals surface area contributed by atoms with Crippen LogP contribution in [0.15, 0.2) is 24.3 Å². The summed E-state index contributed by atoms with van der Waals surface area (Å²) in [6.45, 7) is 3.93. The Hall–Kier alpha value is -1.11. The highest BCUT2D eigenvalue weighted by Crippen LogP contribution is 2.32. The van der Waals surface area contributed by atoms with E-state index >= 15 is 0 Å². The summed E-state index contributed by atoms with van der Waals surface area (Å²) >= 11 is 0. The summed E-state index contributed by atoms with van der Waals surface area (Å²) in [5, 5.41) is 0. The van der Waals surface area contributed by atoms with Crippen molar-refractivity contribution in [3.63, 3.8) is 0 Å². The van der Waals surface area contributed by atoms with Crippen molar-refractivity contribution in [2.45, 2.75) is 31.6 Å². The molecule has 108 valence electrons. The number of halogens is 3. The molecule has 0 aliphatic carbocycles. The van der Waals surface area contributed by atoms with Gasteiger partial charge < -0.3 is 4.90 Å². The molecule has 0 aliphatic heterocycles.